The van der Waals surface area contributed by atoms with Gasteiger partial charge in [-0.3, -0.25) is 4.79 Å². The number of halogens is 1. The molecule has 9 heteroatoms. The molecule has 4 rings (SSSR count). The lowest BCUT2D eigenvalue weighted by atomic mass is 10.2. The zero-order valence-corrected chi connectivity index (χ0v) is 18.4. The first kappa shape index (κ1) is 21.1. The van der Waals surface area contributed by atoms with E-state index < -0.39 is 0 Å². The fourth-order valence-corrected chi connectivity index (χ4v) is 3.98. The third kappa shape index (κ3) is 5.34. The van der Waals surface area contributed by atoms with Crippen LogP contribution in [0.5, 0.6) is 5.75 Å². The van der Waals surface area contributed by atoms with Gasteiger partial charge in [-0.1, -0.05) is 35.5 Å². The lowest BCUT2D eigenvalue weighted by molar-refractivity contribution is 0.0954. The van der Waals surface area contributed by atoms with Crippen molar-refractivity contribution in [1.82, 2.24) is 25.1 Å². The fourth-order valence-electron chi connectivity index (χ4n) is 2.97. The molecular formula is C22H20ClN5O2S. The maximum atomic E-state index is 12.3. The summed E-state index contributed by atoms with van der Waals surface area (Å²) in [5.74, 6) is 2.01. The number of thioether (sulfide) groups is 1. The van der Waals surface area contributed by atoms with Gasteiger partial charge in [0.05, 0.1) is 7.11 Å². The minimum Gasteiger partial charge on any atom is -0.497 e. The highest BCUT2D eigenvalue weighted by Crippen LogP contribution is 2.22. The Bertz CT molecular complexity index is 1200. The molecule has 158 valence electrons. The van der Waals surface area contributed by atoms with Crippen molar-refractivity contribution in [3.63, 3.8) is 0 Å². The lowest BCUT2D eigenvalue weighted by Gasteiger charge is -2.06. The van der Waals surface area contributed by atoms with Gasteiger partial charge in [-0.25, -0.2) is 0 Å². The van der Waals surface area contributed by atoms with Crippen molar-refractivity contribution in [2.75, 3.05) is 13.7 Å². The zero-order chi connectivity index (χ0) is 21.6. The first-order valence-corrected chi connectivity index (χ1v) is 11.0. The Labute approximate surface area is 188 Å². The van der Waals surface area contributed by atoms with Crippen molar-refractivity contribution < 1.29 is 9.53 Å². The van der Waals surface area contributed by atoms with Crippen LogP contribution in [0.4, 0.5) is 0 Å². The molecule has 0 atom stereocenters. The number of benzene rings is 2. The van der Waals surface area contributed by atoms with Crippen LogP contribution in [0.3, 0.4) is 0 Å². The van der Waals surface area contributed by atoms with E-state index in [1.165, 1.54) is 0 Å². The average molecular weight is 454 g/mol. The molecule has 2 aromatic heterocycles. The molecule has 0 radical (unpaired) electrons. The Kier molecular flexibility index (Phi) is 6.69. The third-order valence-electron chi connectivity index (χ3n) is 4.57. The summed E-state index contributed by atoms with van der Waals surface area (Å²) in [4.78, 5) is 12.3. The van der Waals surface area contributed by atoms with Crippen molar-refractivity contribution >= 4 is 34.9 Å². The van der Waals surface area contributed by atoms with E-state index in [4.69, 9.17) is 16.3 Å². The Morgan fingerprint density at radius 2 is 1.97 bits per heavy atom. The standard InChI is InChI=1S/C22H20ClN5O2S/c1-30-18-7-5-16(6-8-18)22(29)24-12-11-20-26-25-19-9-10-21(27-28(19)20)31-14-15-3-2-4-17(23)13-15/h2-10,13H,11-12,14H2,1H3,(H,24,29). The summed E-state index contributed by atoms with van der Waals surface area (Å²) in [5.41, 5.74) is 2.37. The number of hydrogen-bond acceptors (Lipinski definition) is 6. The molecule has 2 aromatic carbocycles. The molecule has 4 aromatic rings. The maximum absolute atomic E-state index is 12.3. The van der Waals surface area contributed by atoms with Gasteiger partial charge >= 0.3 is 0 Å². The number of amides is 1. The number of carbonyl (C=O) groups excluding carboxylic acids is 1. The van der Waals surface area contributed by atoms with E-state index in [0.717, 1.165) is 21.4 Å². The van der Waals surface area contributed by atoms with Gasteiger partial charge in [0.2, 0.25) is 0 Å². The predicted molar refractivity (Wildman–Crippen MR) is 121 cm³/mol. The highest BCUT2D eigenvalue weighted by Gasteiger charge is 2.10. The van der Waals surface area contributed by atoms with Crippen LogP contribution in [-0.2, 0) is 12.2 Å². The smallest absolute Gasteiger partial charge is 0.251 e. The Morgan fingerprint density at radius 1 is 1.13 bits per heavy atom. The summed E-state index contributed by atoms with van der Waals surface area (Å²) in [6.45, 7) is 0.424. The Morgan fingerprint density at radius 3 is 2.74 bits per heavy atom. The number of fused-ring (bicyclic) bond motifs is 1. The van der Waals surface area contributed by atoms with E-state index in [-0.39, 0.29) is 5.91 Å². The second-order valence-corrected chi connectivity index (χ2v) is 8.14. The van der Waals surface area contributed by atoms with Crippen LogP contribution in [0, 0.1) is 0 Å². The number of ether oxygens (including phenoxy) is 1. The third-order valence-corrected chi connectivity index (χ3v) is 5.79. The number of rotatable bonds is 8. The molecule has 31 heavy (non-hydrogen) atoms. The monoisotopic (exact) mass is 453 g/mol. The summed E-state index contributed by atoms with van der Waals surface area (Å²) in [6.07, 6.45) is 0.512. The SMILES string of the molecule is COc1ccc(C(=O)NCCc2nnc3ccc(SCc4cccc(Cl)c4)nn23)cc1. The van der Waals surface area contributed by atoms with Gasteiger partial charge in [0, 0.05) is 29.3 Å². The molecule has 0 aliphatic carbocycles. The topological polar surface area (TPSA) is 81.4 Å². The minimum atomic E-state index is -0.151. The highest BCUT2D eigenvalue weighted by atomic mass is 35.5. The molecule has 0 unspecified atom stereocenters. The Balaban J connectivity index is 1.37. The molecule has 1 amide bonds. The van der Waals surface area contributed by atoms with Crippen molar-refractivity contribution in [2.45, 2.75) is 17.2 Å². The summed E-state index contributed by atoms with van der Waals surface area (Å²) in [6, 6.07) is 18.6. The van der Waals surface area contributed by atoms with E-state index >= 15 is 0 Å². The van der Waals surface area contributed by atoms with Crippen molar-refractivity contribution in [1.29, 1.82) is 0 Å². The zero-order valence-electron chi connectivity index (χ0n) is 16.8. The normalized spacial score (nSPS) is 10.9. The number of carbonyl (C=O) groups is 1. The van der Waals surface area contributed by atoms with Crippen LogP contribution in [0.1, 0.15) is 21.7 Å². The molecule has 0 fully saturated rings. The minimum absolute atomic E-state index is 0.151. The number of methoxy groups -OCH3 is 1. The Hall–Kier alpha value is -3.10. The summed E-state index contributed by atoms with van der Waals surface area (Å²) in [5, 5.41) is 17.5. The van der Waals surface area contributed by atoms with Crippen molar-refractivity contribution in [2.24, 2.45) is 0 Å². The molecule has 0 bridgehead atoms. The quantitative estimate of drug-likeness (QED) is 0.405. The summed E-state index contributed by atoms with van der Waals surface area (Å²) in [7, 11) is 1.59. The number of nitrogens with zero attached hydrogens (tertiary/aromatic N) is 4. The molecule has 0 aliphatic heterocycles. The van der Waals surface area contributed by atoms with Gasteiger partial charge in [0.1, 0.15) is 10.8 Å². The van der Waals surface area contributed by atoms with Crippen molar-refractivity contribution in [3.8, 4) is 5.75 Å². The molecule has 0 saturated heterocycles. The van der Waals surface area contributed by atoms with Crippen LogP contribution in [-0.4, -0.2) is 39.4 Å². The van der Waals surface area contributed by atoms with Crippen molar-refractivity contribution in [3.05, 3.63) is 82.6 Å². The molecule has 0 spiro atoms. The van der Waals surface area contributed by atoms with Crippen LogP contribution in [0.15, 0.2) is 65.7 Å². The van der Waals surface area contributed by atoms with Crippen LogP contribution in [0.25, 0.3) is 5.65 Å². The number of nitrogens with one attached hydrogen (secondary N) is 1. The van der Waals surface area contributed by atoms with E-state index in [2.05, 4.69) is 20.6 Å². The number of aromatic nitrogens is 4. The van der Waals surface area contributed by atoms with Gasteiger partial charge in [-0.15, -0.1) is 10.2 Å². The molecule has 7 nitrogen and oxygen atoms in total. The van der Waals surface area contributed by atoms with Crippen LogP contribution >= 0.6 is 23.4 Å². The highest BCUT2D eigenvalue weighted by molar-refractivity contribution is 7.98. The van der Waals surface area contributed by atoms with E-state index in [1.807, 2.05) is 36.4 Å². The summed E-state index contributed by atoms with van der Waals surface area (Å²) >= 11 is 7.67. The average Bonchev–Trinajstić information content (AvgIpc) is 3.20. The number of hydrogen-bond donors (Lipinski definition) is 1. The van der Waals surface area contributed by atoms with Gasteiger partial charge in [0.15, 0.2) is 11.5 Å². The second kappa shape index (κ2) is 9.80. The van der Waals surface area contributed by atoms with Crippen LogP contribution < -0.4 is 10.1 Å². The second-order valence-electron chi connectivity index (χ2n) is 6.71. The van der Waals surface area contributed by atoms with Crippen LogP contribution in [0.2, 0.25) is 5.02 Å². The first-order valence-electron chi connectivity index (χ1n) is 9.63. The summed E-state index contributed by atoms with van der Waals surface area (Å²) < 4.78 is 6.84. The molecule has 1 N–H and O–H groups in total. The predicted octanol–water partition coefficient (Wildman–Crippen LogP) is 4.05. The fraction of sp³-hybridized carbons (Fsp3) is 0.182. The molecule has 2 heterocycles. The molecule has 0 saturated carbocycles. The van der Waals surface area contributed by atoms with E-state index in [1.54, 1.807) is 47.7 Å². The molecular weight excluding hydrogens is 434 g/mol. The maximum Gasteiger partial charge on any atom is 0.251 e. The van der Waals surface area contributed by atoms with Gasteiger partial charge in [-0.05, 0) is 54.1 Å². The lowest BCUT2D eigenvalue weighted by Crippen LogP contribution is -2.26. The van der Waals surface area contributed by atoms with Gasteiger partial charge in [-0.2, -0.15) is 9.61 Å². The largest absolute Gasteiger partial charge is 0.497 e. The first-order chi connectivity index (χ1) is 15.1. The van der Waals surface area contributed by atoms with E-state index in [9.17, 15) is 4.79 Å². The van der Waals surface area contributed by atoms with Gasteiger partial charge in [0.25, 0.3) is 5.91 Å². The molecule has 0 aliphatic rings. The van der Waals surface area contributed by atoms with Gasteiger partial charge < -0.3 is 10.1 Å². The van der Waals surface area contributed by atoms with E-state index in [0.29, 0.717) is 35.8 Å².